The Morgan fingerprint density at radius 2 is 2.25 bits per heavy atom. The van der Waals surface area contributed by atoms with Crippen molar-refractivity contribution in [2.75, 3.05) is 18.4 Å². The Hall–Kier alpha value is -1.15. The van der Waals surface area contributed by atoms with Crippen LogP contribution in [0, 0.1) is 10.5 Å². The van der Waals surface area contributed by atoms with E-state index in [1.165, 1.54) is 0 Å². The number of carbonyl (C=O) groups excluding carboxylic acids is 1. The number of hydrogen-bond donors (Lipinski definition) is 2. The number of benzene rings is 1. The number of anilines is 1. The molecule has 2 N–H and O–H groups in total. The van der Waals surface area contributed by atoms with Gasteiger partial charge in [-0.3, -0.25) is 14.5 Å². The number of carboxylic acids is 1. The number of amides is 1. The highest BCUT2D eigenvalue weighted by molar-refractivity contribution is 14.1. The number of carbonyl (C=O) groups is 2. The highest BCUT2D eigenvalue weighted by atomic mass is 127. The minimum absolute atomic E-state index is 0.127. The lowest BCUT2D eigenvalue weighted by Crippen LogP contribution is -2.40. The number of halogens is 1. The molecule has 1 aromatic rings. The summed E-state index contributed by atoms with van der Waals surface area (Å²) >= 11 is 2.22. The Kier molecular flexibility index (Phi) is 4.98. The van der Waals surface area contributed by atoms with E-state index in [1.54, 1.807) is 4.90 Å². The van der Waals surface area contributed by atoms with Crippen LogP contribution in [0.25, 0.3) is 0 Å². The number of likely N-dealkylation sites (tertiary alicyclic amines) is 1. The van der Waals surface area contributed by atoms with Gasteiger partial charge in [-0.15, -0.1) is 0 Å². The molecular formula is C14H17IN2O3. The second kappa shape index (κ2) is 6.53. The average molecular weight is 388 g/mol. The topological polar surface area (TPSA) is 69.6 Å². The molecule has 0 aliphatic carbocycles. The molecule has 0 aromatic heterocycles. The van der Waals surface area contributed by atoms with E-state index in [4.69, 9.17) is 5.11 Å². The number of hydrogen-bond acceptors (Lipinski definition) is 3. The van der Waals surface area contributed by atoms with Crippen molar-refractivity contribution in [2.24, 2.45) is 0 Å². The fraction of sp³-hybridized carbons (Fsp3) is 0.429. The van der Waals surface area contributed by atoms with E-state index in [9.17, 15) is 9.59 Å². The Balaban J connectivity index is 1.97. The molecule has 1 atom stereocenters. The summed E-state index contributed by atoms with van der Waals surface area (Å²) in [6, 6.07) is 5.26. The molecule has 108 valence electrons. The van der Waals surface area contributed by atoms with Crippen LogP contribution in [-0.4, -0.2) is 41.0 Å². The van der Waals surface area contributed by atoms with E-state index in [2.05, 4.69) is 27.9 Å². The van der Waals surface area contributed by atoms with E-state index in [0.717, 1.165) is 21.2 Å². The molecule has 1 fully saturated rings. The minimum atomic E-state index is -0.847. The maximum absolute atomic E-state index is 12.0. The third-order valence-corrected chi connectivity index (χ3v) is 4.13. The summed E-state index contributed by atoms with van der Waals surface area (Å²) in [5.74, 6) is -1.01. The van der Waals surface area contributed by atoms with Crippen molar-refractivity contribution in [3.63, 3.8) is 0 Å². The highest BCUT2D eigenvalue weighted by Crippen LogP contribution is 2.19. The Bertz CT molecular complexity index is 533. The van der Waals surface area contributed by atoms with Gasteiger partial charge in [-0.25, -0.2) is 0 Å². The number of aliphatic carboxylic acids is 1. The lowest BCUT2D eigenvalue weighted by molar-refractivity contribution is -0.142. The first-order valence-electron chi connectivity index (χ1n) is 6.50. The summed E-state index contributed by atoms with van der Waals surface area (Å²) in [5.41, 5.74) is 1.78. The van der Waals surface area contributed by atoms with Crippen molar-refractivity contribution in [2.45, 2.75) is 25.8 Å². The zero-order valence-electron chi connectivity index (χ0n) is 11.2. The molecule has 0 radical (unpaired) electrons. The SMILES string of the molecule is Cc1cc(I)ccc1NC(=O)CN1CCCC1C(=O)O. The first-order chi connectivity index (χ1) is 9.47. The van der Waals surface area contributed by atoms with Gasteiger partial charge in [0.25, 0.3) is 0 Å². The fourth-order valence-electron chi connectivity index (χ4n) is 2.44. The van der Waals surface area contributed by atoms with E-state index in [-0.39, 0.29) is 12.5 Å². The molecule has 6 heteroatoms. The highest BCUT2D eigenvalue weighted by Gasteiger charge is 2.31. The van der Waals surface area contributed by atoms with Crippen LogP contribution in [0.4, 0.5) is 5.69 Å². The molecule has 1 heterocycles. The zero-order chi connectivity index (χ0) is 14.7. The summed E-state index contributed by atoms with van der Waals surface area (Å²) in [6.07, 6.45) is 1.44. The Labute approximate surface area is 131 Å². The zero-order valence-corrected chi connectivity index (χ0v) is 13.4. The predicted molar refractivity (Wildman–Crippen MR) is 84.8 cm³/mol. The van der Waals surface area contributed by atoms with E-state index in [1.807, 2.05) is 25.1 Å². The van der Waals surface area contributed by atoms with Gasteiger partial charge in [0.2, 0.25) is 5.91 Å². The molecule has 1 saturated heterocycles. The van der Waals surface area contributed by atoms with Crippen molar-refractivity contribution in [3.8, 4) is 0 Å². The summed E-state index contributed by atoms with van der Waals surface area (Å²) in [6.45, 7) is 2.73. The first kappa shape index (κ1) is 15.2. The minimum Gasteiger partial charge on any atom is -0.480 e. The molecule has 20 heavy (non-hydrogen) atoms. The smallest absolute Gasteiger partial charge is 0.320 e. The molecule has 1 aliphatic heterocycles. The third-order valence-electron chi connectivity index (χ3n) is 3.46. The van der Waals surface area contributed by atoms with E-state index in [0.29, 0.717) is 13.0 Å². The monoisotopic (exact) mass is 388 g/mol. The van der Waals surface area contributed by atoms with E-state index < -0.39 is 12.0 Å². The third kappa shape index (κ3) is 3.69. The van der Waals surface area contributed by atoms with Crippen molar-refractivity contribution in [1.29, 1.82) is 0 Å². The van der Waals surface area contributed by atoms with E-state index >= 15 is 0 Å². The van der Waals surface area contributed by atoms with Crippen LogP contribution < -0.4 is 5.32 Å². The molecule has 0 bridgehead atoms. The Morgan fingerprint density at radius 1 is 1.50 bits per heavy atom. The van der Waals surface area contributed by atoms with Crippen LogP contribution in [0.5, 0.6) is 0 Å². The van der Waals surface area contributed by atoms with Gasteiger partial charge >= 0.3 is 5.97 Å². The second-order valence-corrected chi connectivity index (χ2v) is 6.22. The van der Waals surface area contributed by atoms with Crippen molar-refractivity contribution >= 4 is 40.2 Å². The lowest BCUT2D eigenvalue weighted by Gasteiger charge is -2.20. The number of carboxylic acid groups (broad SMARTS) is 1. The molecule has 1 aliphatic rings. The van der Waals surface area contributed by atoms with Crippen LogP contribution in [0.15, 0.2) is 18.2 Å². The van der Waals surface area contributed by atoms with Crippen LogP contribution in [0.3, 0.4) is 0 Å². The molecule has 5 nitrogen and oxygen atoms in total. The van der Waals surface area contributed by atoms with Crippen LogP contribution >= 0.6 is 22.6 Å². The fourth-order valence-corrected chi connectivity index (χ4v) is 3.08. The van der Waals surface area contributed by atoms with Crippen molar-refractivity contribution in [3.05, 3.63) is 27.3 Å². The van der Waals surface area contributed by atoms with Crippen molar-refractivity contribution < 1.29 is 14.7 Å². The lowest BCUT2D eigenvalue weighted by atomic mass is 10.2. The maximum atomic E-state index is 12.0. The van der Waals surface area contributed by atoms with Crippen LogP contribution in [0.1, 0.15) is 18.4 Å². The average Bonchev–Trinajstić information content (AvgIpc) is 2.81. The number of nitrogens with zero attached hydrogens (tertiary/aromatic N) is 1. The summed E-state index contributed by atoms with van der Waals surface area (Å²) in [4.78, 5) is 24.8. The van der Waals surface area contributed by atoms with Gasteiger partial charge in [0.1, 0.15) is 6.04 Å². The van der Waals surface area contributed by atoms with Gasteiger partial charge in [-0.05, 0) is 72.7 Å². The van der Waals surface area contributed by atoms with Gasteiger partial charge < -0.3 is 10.4 Å². The standard InChI is InChI=1S/C14H17IN2O3/c1-9-7-10(15)4-5-11(9)16-13(18)8-17-6-2-3-12(17)14(19)20/h4-5,7,12H,2-3,6,8H2,1H3,(H,16,18)(H,19,20). The Morgan fingerprint density at radius 3 is 2.90 bits per heavy atom. The summed E-state index contributed by atoms with van der Waals surface area (Å²) in [7, 11) is 0. The quantitative estimate of drug-likeness (QED) is 0.776. The summed E-state index contributed by atoms with van der Waals surface area (Å²) in [5, 5.41) is 11.9. The molecular weight excluding hydrogens is 371 g/mol. The van der Waals surface area contributed by atoms with Crippen LogP contribution in [-0.2, 0) is 9.59 Å². The molecule has 1 amide bonds. The molecule has 0 spiro atoms. The molecule has 1 aromatic carbocycles. The maximum Gasteiger partial charge on any atom is 0.320 e. The normalized spacial score (nSPS) is 19.0. The molecule has 0 saturated carbocycles. The van der Waals surface area contributed by atoms with Gasteiger partial charge in [0, 0.05) is 9.26 Å². The van der Waals surface area contributed by atoms with Gasteiger partial charge in [-0.1, -0.05) is 0 Å². The second-order valence-electron chi connectivity index (χ2n) is 4.97. The van der Waals surface area contributed by atoms with Gasteiger partial charge in [0.05, 0.1) is 6.54 Å². The molecule has 2 rings (SSSR count). The van der Waals surface area contributed by atoms with Crippen LogP contribution in [0.2, 0.25) is 0 Å². The number of rotatable bonds is 4. The van der Waals surface area contributed by atoms with Crippen molar-refractivity contribution in [1.82, 2.24) is 4.90 Å². The molecule has 1 unspecified atom stereocenters. The van der Waals surface area contributed by atoms with Gasteiger partial charge in [0.15, 0.2) is 0 Å². The predicted octanol–water partition coefficient (Wildman–Crippen LogP) is 2.09. The number of nitrogens with one attached hydrogen (secondary N) is 1. The van der Waals surface area contributed by atoms with Gasteiger partial charge in [-0.2, -0.15) is 0 Å². The first-order valence-corrected chi connectivity index (χ1v) is 7.58. The number of aryl methyl sites for hydroxylation is 1. The summed E-state index contributed by atoms with van der Waals surface area (Å²) < 4.78 is 1.11. The largest absolute Gasteiger partial charge is 0.480 e.